The number of rotatable bonds is 4. The Labute approximate surface area is 79.3 Å². The molecule has 0 aromatic carbocycles. The van der Waals surface area contributed by atoms with Crippen LogP contribution >= 0.6 is 23.6 Å². The largest absolute Gasteiger partial charge is 0.309 e. The fraction of sp³-hybridized carbons (Fsp3) is 1.00. The predicted octanol–water partition coefficient (Wildman–Crippen LogP) is 2.33. The van der Waals surface area contributed by atoms with Crippen LogP contribution in [-0.2, 0) is 0 Å². The van der Waals surface area contributed by atoms with E-state index < -0.39 is 0 Å². The highest BCUT2D eigenvalue weighted by Crippen LogP contribution is 2.23. The van der Waals surface area contributed by atoms with E-state index in [2.05, 4.69) is 4.90 Å². The molecular formula is C7H16Cl2N2. The molecule has 0 N–H and O–H groups in total. The van der Waals surface area contributed by atoms with Gasteiger partial charge in [-0.25, -0.2) is 0 Å². The van der Waals surface area contributed by atoms with Crippen molar-refractivity contribution in [2.24, 2.45) is 0 Å². The van der Waals surface area contributed by atoms with Gasteiger partial charge in [0, 0.05) is 5.54 Å². The van der Waals surface area contributed by atoms with Gasteiger partial charge in [-0.15, -0.1) is 3.94 Å². The van der Waals surface area contributed by atoms with Crippen molar-refractivity contribution in [3.8, 4) is 0 Å². The van der Waals surface area contributed by atoms with Gasteiger partial charge in [-0.3, -0.25) is 0 Å². The predicted molar refractivity (Wildman–Crippen MR) is 50.8 cm³/mol. The van der Waals surface area contributed by atoms with Crippen molar-refractivity contribution in [1.82, 2.24) is 8.84 Å². The van der Waals surface area contributed by atoms with Crippen LogP contribution in [0.5, 0.6) is 0 Å². The van der Waals surface area contributed by atoms with Gasteiger partial charge in [-0.1, -0.05) is 0 Å². The Morgan fingerprint density at radius 3 is 1.91 bits per heavy atom. The first kappa shape index (κ1) is 11.5. The van der Waals surface area contributed by atoms with Crippen LogP contribution in [0.25, 0.3) is 0 Å². The molecule has 4 heteroatoms. The molecule has 0 bridgehead atoms. The number of hydrogen-bond donors (Lipinski definition) is 0. The molecule has 11 heavy (non-hydrogen) atoms. The van der Waals surface area contributed by atoms with Crippen molar-refractivity contribution in [3.63, 3.8) is 0 Å². The standard InChI is InChI=1S/C7H16Cl2N2/c1-7(2,11(8)9)5-6-10(3)4/h5-6H2,1-4H3. The van der Waals surface area contributed by atoms with Gasteiger partial charge in [0.2, 0.25) is 0 Å². The zero-order chi connectivity index (χ0) is 9.07. The van der Waals surface area contributed by atoms with Crippen LogP contribution in [-0.4, -0.2) is 35.0 Å². The molecule has 0 spiro atoms. The molecule has 0 saturated carbocycles. The van der Waals surface area contributed by atoms with E-state index in [1.807, 2.05) is 27.9 Å². The van der Waals surface area contributed by atoms with Crippen molar-refractivity contribution in [2.75, 3.05) is 20.6 Å². The Hall–Kier alpha value is 0.500. The molecule has 0 aliphatic carbocycles. The summed E-state index contributed by atoms with van der Waals surface area (Å²) in [6.45, 7) is 5.01. The molecule has 0 amide bonds. The van der Waals surface area contributed by atoms with Crippen LogP contribution < -0.4 is 0 Å². The van der Waals surface area contributed by atoms with Gasteiger partial charge in [0.15, 0.2) is 0 Å². The second-order valence-electron chi connectivity index (χ2n) is 3.60. The van der Waals surface area contributed by atoms with E-state index in [4.69, 9.17) is 23.6 Å². The summed E-state index contributed by atoms with van der Waals surface area (Å²) in [5.41, 5.74) is -0.145. The minimum atomic E-state index is -0.145. The summed E-state index contributed by atoms with van der Waals surface area (Å²) < 4.78 is 1.22. The molecule has 0 atom stereocenters. The van der Waals surface area contributed by atoms with E-state index in [-0.39, 0.29) is 5.54 Å². The highest BCUT2D eigenvalue weighted by molar-refractivity contribution is 6.34. The highest BCUT2D eigenvalue weighted by Gasteiger charge is 2.23. The minimum Gasteiger partial charge on any atom is -0.309 e. The van der Waals surface area contributed by atoms with E-state index in [9.17, 15) is 0 Å². The Bertz CT molecular complexity index is 113. The quantitative estimate of drug-likeness (QED) is 0.641. The first-order valence-electron chi connectivity index (χ1n) is 3.63. The molecule has 0 saturated heterocycles. The molecular weight excluding hydrogens is 183 g/mol. The summed E-state index contributed by atoms with van der Waals surface area (Å²) in [6.07, 6.45) is 0.951. The van der Waals surface area contributed by atoms with Gasteiger partial charge in [0.05, 0.1) is 0 Å². The zero-order valence-corrected chi connectivity index (χ0v) is 9.08. The molecule has 0 heterocycles. The molecule has 0 aromatic rings. The third-order valence-electron chi connectivity index (χ3n) is 1.63. The second kappa shape index (κ2) is 4.51. The minimum absolute atomic E-state index is 0.145. The molecule has 0 unspecified atom stereocenters. The van der Waals surface area contributed by atoms with E-state index in [1.54, 1.807) is 0 Å². The maximum absolute atomic E-state index is 5.63. The van der Waals surface area contributed by atoms with Crippen LogP contribution in [0.3, 0.4) is 0 Å². The summed E-state index contributed by atoms with van der Waals surface area (Å²) in [5.74, 6) is 0. The average molecular weight is 199 g/mol. The van der Waals surface area contributed by atoms with E-state index in [1.165, 1.54) is 3.94 Å². The lowest BCUT2D eigenvalue weighted by molar-refractivity contribution is 0.275. The zero-order valence-electron chi connectivity index (χ0n) is 7.56. The van der Waals surface area contributed by atoms with E-state index in [0.29, 0.717) is 0 Å². The molecule has 0 radical (unpaired) electrons. The first-order chi connectivity index (χ1) is 4.86. The summed E-state index contributed by atoms with van der Waals surface area (Å²) >= 11 is 11.3. The number of nitrogens with zero attached hydrogens (tertiary/aromatic N) is 2. The molecule has 2 nitrogen and oxygen atoms in total. The Morgan fingerprint density at radius 2 is 1.64 bits per heavy atom. The van der Waals surface area contributed by atoms with Crippen molar-refractivity contribution in [2.45, 2.75) is 25.8 Å². The number of halogens is 2. The van der Waals surface area contributed by atoms with Crippen LogP contribution in [0.15, 0.2) is 0 Å². The van der Waals surface area contributed by atoms with Gasteiger partial charge >= 0.3 is 0 Å². The van der Waals surface area contributed by atoms with Crippen molar-refractivity contribution in [1.29, 1.82) is 0 Å². The molecule has 0 aliphatic heterocycles. The van der Waals surface area contributed by atoms with Gasteiger partial charge in [-0.2, -0.15) is 0 Å². The SMILES string of the molecule is CN(C)CCC(C)(C)N(Cl)Cl. The molecule has 0 aliphatic rings. The molecule has 0 fully saturated rings. The fourth-order valence-corrected chi connectivity index (χ4v) is 0.751. The summed E-state index contributed by atoms with van der Waals surface area (Å²) in [6, 6.07) is 0. The van der Waals surface area contributed by atoms with Gasteiger partial charge in [-0.05, 0) is 64.5 Å². The second-order valence-corrected chi connectivity index (χ2v) is 4.45. The molecule has 68 valence electrons. The summed E-state index contributed by atoms with van der Waals surface area (Å²) in [7, 11) is 4.06. The van der Waals surface area contributed by atoms with E-state index in [0.717, 1.165) is 13.0 Å². The highest BCUT2D eigenvalue weighted by atomic mass is 35.5. The normalized spacial score (nSPS) is 13.1. The van der Waals surface area contributed by atoms with Crippen molar-refractivity contribution >= 4 is 23.6 Å². The van der Waals surface area contributed by atoms with Gasteiger partial charge in [0.25, 0.3) is 0 Å². The van der Waals surface area contributed by atoms with Crippen LogP contribution in [0.4, 0.5) is 0 Å². The molecule has 0 rings (SSSR count). The molecule has 0 aromatic heterocycles. The van der Waals surface area contributed by atoms with Gasteiger partial charge < -0.3 is 4.90 Å². The van der Waals surface area contributed by atoms with Crippen molar-refractivity contribution in [3.05, 3.63) is 0 Å². The first-order valence-corrected chi connectivity index (χ1v) is 4.30. The van der Waals surface area contributed by atoms with Crippen LogP contribution in [0.1, 0.15) is 20.3 Å². The Kier molecular flexibility index (Phi) is 4.71. The lowest BCUT2D eigenvalue weighted by atomic mass is 10.0. The topological polar surface area (TPSA) is 6.48 Å². The summed E-state index contributed by atoms with van der Waals surface area (Å²) in [4.78, 5) is 2.11. The van der Waals surface area contributed by atoms with Crippen molar-refractivity contribution < 1.29 is 0 Å². The lowest BCUT2D eigenvalue weighted by Gasteiger charge is -2.28. The summed E-state index contributed by atoms with van der Waals surface area (Å²) in [5, 5.41) is 0. The smallest absolute Gasteiger partial charge is 0.0482 e. The Balaban J connectivity index is 3.73. The van der Waals surface area contributed by atoms with Crippen LogP contribution in [0.2, 0.25) is 0 Å². The Morgan fingerprint density at radius 1 is 1.18 bits per heavy atom. The fourth-order valence-electron chi connectivity index (χ4n) is 0.582. The van der Waals surface area contributed by atoms with Crippen LogP contribution in [0, 0.1) is 0 Å². The van der Waals surface area contributed by atoms with Gasteiger partial charge in [0.1, 0.15) is 0 Å². The monoisotopic (exact) mass is 198 g/mol. The maximum atomic E-state index is 5.63. The average Bonchev–Trinajstić information content (AvgIpc) is 1.84. The maximum Gasteiger partial charge on any atom is 0.0482 e. The third-order valence-corrected chi connectivity index (χ3v) is 2.54. The third kappa shape index (κ3) is 4.86. The lowest BCUT2D eigenvalue weighted by Crippen LogP contribution is -2.34. The number of hydrogen-bond acceptors (Lipinski definition) is 2. The van der Waals surface area contributed by atoms with E-state index >= 15 is 0 Å².